The number of ether oxygens (including phenoxy) is 1. The predicted octanol–water partition coefficient (Wildman–Crippen LogP) is 1.57. The van der Waals surface area contributed by atoms with Gasteiger partial charge in [0.15, 0.2) is 5.82 Å². The van der Waals surface area contributed by atoms with E-state index in [-0.39, 0.29) is 12.0 Å². The second-order valence-corrected chi connectivity index (χ2v) is 8.16. The van der Waals surface area contributed by atoms with Gasteiger partial charge >= 0.3 is 0 Å². The normalized spacial score (nSPS) is 24.6. The zero-order chi connectivity index (χ0) is 20.4. The molecule has 2 aromatic rings. The Labute approximate surface area is 170 Å². The van der Waals surface area contributed by atoms with E-state index in [0.29, 0.717) is 42.9 Å². The zero-order valence-corrected chi connectivity index (χ0v) is 17.3. The molecule has 2 aromatic heterocycles. The lowest BCUT2D eigenvalue weighted by Crippen LogP contribution is -2.42. The van der Waals surface area contributed by atoms with Crippen LogP contribution >= 0.6 is 0 Å². The third kappa shape index (κ3) is 4.67. The minimum absolute atomic E-state index is 0.00799. The highest BCUT2D eigenvalue weighted by molar-refractivity contribution is 5.76. The Morgan fingerprint density at radius 1 is 1.24 bits per heavy atom. The van der Waals surface area contributed by atoms with Gasteiger partial charge in [0.05, 0.1) is 24.8 Å². The van der Waals surface area contributed by atoms with E-state index in [1.54, 1.807) is 6.92 Å². The van der Waals surface area contributed by atoms with Gasteiger partial charge in [-0.3, -0.25) is 9.69 Å². The molecule has 1 N–H and O–H groups in total. The van der Waals surface area contributed by atoms with Gasteiger partial charge in [0.25, 0.3) is 0 Å². The van der Waals surface area contributed by atoms with E-state index in [2.05, 4.69) is 25.5 Å². The molecule has 2 aliphatic rings. The number of aryl methyl sites for hydroxylation is 3. The lowest BCUT2D eigenvalue weighted by molar-refractivity contribution is -0.123. The third-order valence-electron chi connectivity index (χ3n) is 6.07. The summed E-state index contributed by atoms with van der Waals surface area (Å²) in [6.07, 6.45) is 2.04. The Balaban J connectivity index is 1.22. The number of piperidine rings is 1. The minimum atomic E-state index is 0.00799. The van der Waals surface area contributed by atoms with Gasteiger partial charge in [-0.1, -0.05) is 10.3 Å². The van der Waals surface area contributed by atoms with Crippen molar-refractivity contribution in [1.29, 1.82) is 0 Å². The summed E-state index contributed by atoms with van der Waals surface area (Å²) >= 11 is 0. The summed E-state index contributed by atoms with van der Waals surface area (Å²) in [5.41, 5.74) is 2.16. The molecule has 1 amide bonds. The zero-order valence-electron chi connectivity index (χ0n) is 17.3. The molecule has 0 aliphatic carbocycles. The molecule has 4 rings (SSSR count). The number of aromatic nitrogens is 3. The van der Waals surface area contributed by atoms with Crippen LogP contribution in [-0.2, 0) is 22.5 Å². The first-order chi connectivity index (χ1) is 14.0. The summed E-state index contributed by atoms with van der Waals surface area (Å²) in [5.74, 6) is 3.00. The first-order valence-electron chi connectivity index (χ1n) is 10.3. The molecule has 29 heavy (non-hydrogen) atoms. The van der Waals surface area contributed by atoms with Crippen molar-refractivity contribution in [2.45, 2.75) is 52.7 Å². The SMILES string of the molecule is Cc1nc(CCNC(=O)C[C@@H]2OC[C@H]3CN(Cc4c(C)noc4C)CC[C@H]32)no1. The van der Waals surface area contributed by atoms with Crippen molar-refractivity contribution in [2.24, 2.45) is 11.8 Å². The van der Waals surface area contributed by atoms with E-state index in [1.165, 1.54) is 5.56 Å². The van der Waals surface area contributed by atoms with Crippen LogP contribution in [0, 0.1) is 32.6 Å². The lowest BCUT2D eigenvalue weighted by Gasteiger charge is -2.35. The Morgan fingerprint density at radius 3 is 2.83 bits per heavy atom. The first-order valence-corrected chi connectivity index (χ1v) is 10.3. The Kier molecular flexibility index (Phi) is 5.96. The molecule has 0 radical (unpaired) electrons. The van der Waals surface area contributed by atoms with Crippen LogP contribution in [0.2, 0.25) is 0 Å². The molecule has 0 unspecified atom stereocenters. The van der Waals surface area contributed by atoms with Crippen molar-refractivity contribution < 1.29 is 18.6 Å². The summed E-state index contributed by atoms with van der Waals surface area (Å²) in [4.78, 5) is 18.9. The number of carbonyl (C=O) groups is 1. The molecule has 2 fully saturated rings. The topological polar surface area (TPSA) is 107 Å². The van der Waals surface area contributed by atoms with E-state index in [4.69, 9.17) is 13.8 Å². The number of nitrogens with zero attached hydrogens (tertiary/aromatic N) is 4. The van der Waals surface area contributed by atoms with E-state index in [9.17, 15) is 4.79 Å². The Bertz CT molecular complexity index is 828. The maximum Gasteiger partial charge on any atom is 0.223 e. The van der Waals surface area contributed by atoms with Gasteiger partial charge in [0.2, 0.25) is 11.8 Å². The van der Waals surface area contributed by atoms with Crippen LogP contribution in [0.15, 0.2) is 9.05 Å². The smallest absolute Gasteiger partial charge is 0.223 e. The largest absolute Gasteiger partial charge is 0.377 e. The number of hydrogen-bond acceptors (Lipinski definition) is 8. The number of hydrogen-bond donors (Lipinski definition) is 1. The second kappa shape index (κ2) is 8.62. The van der Waals surface area contributed by atoms with E-state index >= 15 is 0 Å². The van der Waals surface area contributed by atoms with Crippen LogP contribution < -0.4 is 5.32 Å². The Hall–Kier alpha value is -2.26. The standard InChI is InChI=1S/C20H29N5O4/c1-12-17(13(2)28-23-12)10-25-7-5-16-15(9-25)11-27-18(16)8-20(26)21-6-4-19-22-14(3)29-24-19/h15-16,18H,4-11H2,1-3H3,(H,21,26)/t15-,16-,18+/m1/s1. The van der Waals surface area contributed by atoms with Crippen molar-refractivity contribution >= 4 is 5.91 Å². The maximum absolute atomic E-state index is 12.3. The van der Waals surface area contributed by atoms with Gasteiger partial charge in [-0.2, -0.15) is 4.98 Å². The highest BCUT2D eigenvalue weighted by Crippen LogP contribution is 2.36. The minimum Gasteiger partial charge on any atom is -0.377 e. The van der Waals surface area contributed by atoms with Crippen molar-refractivity contribution in [3.8, 4) is 0 Å². The van der Waals surface area contributed by atoms with Gasteiger partial charge in [0, 0.05) is 44.5 Å². The van der Waals surface area contributed by atoms with Crippen LogP contribution in [0.1, 0.15) is 41.6 Å². The van der Waals surface area contributed by atoms with Crippen molar-refractivity contribution in [1.82, 2.24) is 25.5 Å². The third-order valence-corrected chi connectivity index (χ3v) is 6.07. The van der Waals surface area contributed by atoms with Crippen LogP contribution in [-0.4, -0.2) is 58.4 Å². The maximum atomic E-state index is 12.3. The molecule has 0 spiro atoms. The van der Waals surface area contributed by atoms with Crippen LogP contribution in [0.5, 0.6) is 0 Å². The number of amides is 1. The second-order valence-electron chi connectivity index (χ2n) is 8.16. The van der Waals surface area contributed by atoms with Crippen molar-refractivity contribution in [2.75, 3.05) is 26.2 Å². The van der Waals surface area contributed by atoms with Gasteiger partial charge in [-0.15, -0.1) is 0 Å². The van der Waals surface area contributed by atoms with Crippen molar-refractivity contribution in [3.63, 3.8) is 0 Å². The summed E-state index contributed by atoms with van der Waals surface area (Å²) in [5, 5.41) is 10.8. The van der Waals surface area contributed by atoms with Gasteiger partial charge in [-0.05, 0) is 32.7 Å². The fourth-order valence-electron chi connectivity index (χ4n) is 4.48. The molecular weight excluding hydrogens is 374 g/mol. The molecule has 2 saturated heterocycles. The predicted molar refractivity (Wildman–Crippen MR) is 103 cm³/mol. The van der Waals surface area contributed by atoms with Crippen LogP contribution in [0.4, 0.5) is 0 Å². The summed E-state index contributed by atoms with van der Waals surface area (Å²) in [6, 6.07) is 0. The molecule has 9 heteroatoms. The lowest BCUT2D eigenvalue weighted by atomic mass is 9.83. The summed E-state index contributed by atoms with van der Waals surface area (Å²) in [7, 11) is 0. The Morgan fingerprint density at radius 2 is 2.10 bits per heavy atom. The molecule has 0 aromatic carbocycles. The molecule has 3 atom stereocenters. The van der Waals surface area contributed by atoms with Gasteiger partial charge in [-0.25, -0.2) is 0 Å². The summed E-state index contributed by atoms with van der Waals surface area (Å²) in [6.45, 7) is 9.80. The van der Waals surface area contributed by atoms with Crippen LogP contribution in [0.25, 0.3) is 0 Å². The van der Waals surface area contributed by atoms with Crippen molar-refractivity contribution in [3.05, 3.63) is 28.7 Å². The number of nitrogens with one attached hydrogen (secondary N) is 1. The molecule has 158 valence electrons. The van der Waals surface area contributed by atoms with E-state index in [0.717, 1.165) is 44.1 Å². The highest BCUT2D eigenvalue weighted by atomic mass is 16.5. The van der Waals surface area contributed by atoms with E-state index in [1.807, 2.05) is 13.8 Å². The van der Waals surface area contributed by atoms with E-state index < -0.39 is 0 Å². The molecule has 2 aliphatic heterocycles. The fraction of sp³-hybridized carbons (Fsp3) is 0.700. The van der Waals surface area contributed by atoms with Crippen LogP contribution in [0.3, 0.4) is 0 Å². The number of rotatable bonds is 7. The average molecular weight is 403 g/mol. The highest BCUT2D eigenvalue weighted by Gasteiger charge is 2.41. The molecule has 9 nitrogen and oxygen atoms in total. The molecular formula is C20H29N5O4. The molecule has 0 saturated carbocycles. The average Bonchev–Trinajstić information content (AvgIpc) is 3.37. The van der Waals surface area contributed by atoms with Gasteiger partial charge < -0.3 is 19.1 Å². The quantitative estimate of drug-likeness (QED) is 0.742. The number of likely N-dealkylation sites (tertiary alicyclic amines) is 1. The fourth-order valence-corrected chi connectivity index (χ4v) is 4.48. The number of carbonyl (C=O) groups excluding carboxylic acids is 1. The molecule has 4 heterocycles. The monoisotopic (exact) mass is 403 g/mol. The van der Waals surface area contributed by atoms with Gasteiger partial charge in [0.1, 0.15) is 5.76 Å². The summed E-state index contributed by atoms with van der Waals surface area (Å²) < 4.78 is 16.2. The number of fused-ring (bicyclic) bond motifs is 1. The first kappa shape index (κ1) is 20.0. The molecule has 0 bridgehead atoms.